The number of nitrogens with two attached hydrogens (primary N) is 1. The summed E-state index contributed by atoms with van der Waals surface area (Å²) in [6.45, 7) is 10.5. The summed E-state index contributed by atoms with van der Waals surface area (Å²) in [5, 5.41) is 0. The number of hydrogen-bond acceptors (Lipinski definition) is 3. The summed E-state index contributed by atoms with van der Waals surface area (Å²) in [6.07, 6.45) is 2.85. The first kappa shape index (κ1) is 12.9. The smallest absolute Gasteiger partial charge is 0.0824 e. The molecule has 1 saturated heterocycles. The molecule has 2 unspecified atom stereocenters. The third kappa shape index (κ3) is 4.49. The molecule has 1 fully saturated rings. The van der Waals surface area contributed by atoms with Gasteiger partial charge in [-0.05, 0) is 25.7 Å². The first-order valence-corrected chi connectivity index (χ1v) is 6.19. The molecule has 1 heterocycles. The fourth-order valence-electron chi connectivity index (χ4n) is 2.04. The Labute approximate surface area is 94.0 Å². The molecule has 0 radical (unpaired) electrons. The Hall–Kier alpha value is -0.120. The van der Waals surface area contributed by atoms with Crippen LogP contribution < -0.4 is 5.73 Å². The van der Waals surface area contributed by atoms with Crippen LogP contribution in [0.4, 0.5) is 0 Å². The lowest BCUT2D eigenvalue weighted by Crippen LogP contribution is -2.49. The lowest BCUT2D eigenvalue weighted by atomic mass is 10.0. The first-order valence-electron chi connectivity index (χ1n) is 6.19. The van der Waals surface area contributed by atoms with Gasteiger partial charge in [0, 0.05) is 25.7 Å². The number of morpholine rings is 1. The topological polar surface area (TPSA) is 38.5 Å². The Kier molecular flexibility index (Phi) is 5.58. The third-order valence-electron chi connectivity index (χ3n) is 3.22. The second kappa shape index (κ2) is 6.46. The first-order chi connectivity index (χ1) is 7.13. The second-order valence-electron chi connectivity index (χ2n) is 5.04. The Morgan fingerprint density at radius 2 is 2.07 bits per heavy atom. The summed E-state index contributed by atoms with van der Waals surface area (Å²) in [5.41, 5.74) is 5.64. The van der Waals surface area contributed by atoms with Crippen LogP contribution in [0.25, 0.3) is 0 Å². The van der Waals surface area contributed by atoms with Crippen LogP contribution in [0.3, 0.4) is 0 Å². The van der Waals surface area contributed by atoms with Gasteiger partial charge in [0.15, 0.2) is 0 Å². The van der Waals surface area contributed by atoms with Crippen molar-refractivity contribution in [3.05, 3.63) is 0 Å². The zero-order valence-electron chi connectivity index (χ0n) is 10.4. The molecule has 0 amide bonds. The van der Waals surface area contributed by atoms with E-state index in [9.17, 15) is 0 Å². The van der Waals surface area contributed by atoms with E-state index in [0.29, 0.717) is 12.6 Å². The molecule has 0 bridgehead atoms. The van der Waals surface area contributed by atoms with Crippen molar-refractivity contribution in [3.8, 4) is 0 Å². The third-order valence-corrected chi connectivity index (χ3v) is 3.22. The molecular weight excluding hydrogens is 188 g/mol. The highest BCUT2D eigenvalue weighted by molar-refractivity contribution is 4.76. The van der Waals surface area contributed by atoms with Crippen molar-refractivity contribution in [1.82, 2.24) is 4.90 Å². The number of nitrogens with zero attached hydrogens (tertiary/aromatic N) is 1. The van der Waals surface area contributed by atoms with Crippen LogP contribution in [0.2, 0.25) is 0 Å². The molecule has 0 spiro atoms. The molecule has 1 aliphatic heterocycles. The molecule has 3 heteroatoms. The molecule has 0 aromatic rings. The Morgan fingerprint density at radius 1 is 1.33 bits per heavy atom. The minimum absolute atomic E-state index is 0.250. The number of ether oxygens (including phenoxy) is 1. The molecule has 0 aromatic heterocycles. The summed E-state index contributed by atoms with van der Waals surface area (Å²) in [6, 6.07) is 0.672. The van der Waals surface area contributed by atoms with Gasteiger partial charge in [-0.3, -0.25) is 4.90 Å². The van der Waals surface area contributed by atoms with Gasteiger partial charge < -0.3 is 10.5 Å². The molecule has 2 atom stereocenters. The van der Waals surface area contributed by atoms with Crippen molar-refractivity contribution >= 4 is 0 Å². The molecule has 90 valence electrons. The van der Waals surface area contributed by atoms with Gasteiger partial charge in [-0.15, -0.1) is 0 Å². The predicted octanol–water partition coefficient (Wildman–Crippen LogP) is 1.47. The zero-order valence-corrected chi connectivity index (χ0v) is 10.4. The molecule has 1 rings (SSSR count). The molecule has 0 saturated carbocycles. The van der Waals surface area contributed by atoms with Gasteiger partial charge in [-0.1, -0.05) is 13.8 Å². The second-order valence-corrected chi connectivity index (χ2v) is 5.04. The maximum absolute atomic E-state index is 5.64. The van der Waals surface area contributed by atoms with Gasteiger partial charge in [0.25, 0.3) is 0 Å². The lowest BCUT2D eigenvalue weighted by molar-refractivity contribution is -0.0374. The summed E-state index contributed by atoms with van der Waals surface area (Å²) in [7, 11) is 0. The van der Waals surface area contributed by atoms with Gasteiger partial charge >= 0.3 is 0 Å². The van der Waals surface area contributed by atoms with Gasteiger partial charge in [0.2, 0.25) is 0 Å². The SMILES string of the molecule is CC(C)CCC(C)N1CCOC(CN)C1. The number of hydrogen-bond donors (Lipinski definition) is 1. The maximum atomic E-state index is 5.64. The van der Waals surface area contributed by atoms with E-state index >= 15 is 0 Å². The summed E-state index contributed by atoms with van der Waals surface area (Å²) >= 11 is 0. The van der Waals surface area contributed by atoms with Gasteiger partial charge in [0.1, 0.15) is 0 Å². The molecule has 15 heavy (non-hydrogen) atoms. The van der Waals surface area contributed by atoms with Crippen LogP contribution >= 0.6 is 0 Å². The normalized spacial score (nSPS) is 25.8. The summed E-state index contributed by atoms with van der Waals surface area (Å²) in [5.74, 6) is 0.804. The molecule has 0 aromatic carbocycles. The van der Waals surface area contributed by atoms with E-state index in [1.54, 1.807) is 0 Å². The average molecular weight is 214 g/mol. The van der Waals surface area contributed by atoms with Crippen LogP contribution in [0.5, 0.6) is 0 Å². The fraction of sp³-hybridized carbons (Fsp3) is 1.00. The standard InChI is InChI=1S/C12H26N2O/c1-10(2)4-5-11(3)14-6-7-15-12(8-13)9-14/h10-12H,4-9,13H2,1-3H3. The predicted molar refractivity (Wildman–Crippen MR) is 63.9 cm³/mol. The maximum Gasteiger partial charge on any atom is 0.0824 e. The Bertz CT molecular complexity index is 173. The quantitative estimate of drug-likeness (QED) is 0.753. The van der Waals surface area contributed by atoms with E-state index in [-0.39, 0.29) is 6.10 Å². The minimum Gasteiger partial charge on any atom is -0.374 e. The van der Waals surface area contributed by atoms with E-state index in [2.05, 4.69) is 25.7 Å². The van der Waals surface area contributed by atoms with Crippen LogP contribution in [0.15, 0.2) is 0 Å². The van der Waals surface area contributed by atoms with Crippen molar-refractivity contribution in [2.75, 3.05) is 26.2 Å². The van der Waals surface area contributed by atoms with Crippen LogP contribution in [-0.4, -0.2) is 43.3 Å². The monoisotopic (exact) mass is 214 g/mol. The van der Waals surface area contributed by atoms with Gasteiger partial charge in [0.05, 0.1) is 12.7 Å². The Morgan fingerprint density at radius 3 is 2.67 bits per heavy atom. The van der Waals surface area contributed by atoms with Crippen molar-refractivity contribution < 1.29 is 4.74 Å². The van der Waals surface area contributed by atoms with Gasteiger partial charge in [-0.2, -0.15) is 0 Å². The molecule has 0 aliphatic carbocycles. The highest BCUT2D eigenvalue weighted by Gasteiger charge is 2.22. The Balaban J connectivity index is 2.28. The zero-order chi connectivity index (χ0) is 11.3. The largest absolute Gasteiger partial charge is 0.374 e. The average Bonchev–Trinajstić information content (AvgIpc) is 2.26. The highest BCUT2D eigenvalue weighted by atomic mass is 16.5. The van der Waals surface area contributed by atoms with Crippen molar-refractivity contribution in [3.63, 3.8) is 0 Å². The van der Waals surface area contributed by atoms with E-state index in [1.807, 2.05) is 0 Å². The van der Waals surface area contributed by atoms with Gasteiger partial charge in [-0.25, -0.2) is 0 Å². The number of rotatable bonds is 5. The van der Waals surface area contributed by atoms with Crippen LogP contribution in [0, 0.1) is 5.92 Å². The summed E-state index contributed by atoms with van der Waals surface area (Å²) in [4.78, 5) is 2.52. The summed E-state index contributed by atoms with van der Waals surface area (Å²) < 4.78 is 5.57. The molecule has 1 aliphatic rings. The molecule has 2 N–H and O–H groups in total. The van der Waals surface area contributed by atoms with E-state index in [0.717, 1.165) is 25.6 Å². The van der Waals surface area contributed by atoms with Crippen LogP contribution in [0.1, 0.15) is 33.6 Å². The molecular formula is C12H26N2O. The fourth-order valence-corrected chi connectivity index (χ4v) is 2.04. The van der Waals surface area contributed by atoms with Crippen molar-refractivity contribution in [2.45, 2.75) is 45.8 Å². The van der Waals surface area contributed by atoms with Crippen molar-refractivity contribution in [1.29, 1.82) is 0 Å². The minimum atomic E-state index is 0.250. The van der Waals surface area contributed by atoms with Crippen LogP contribution in [-0.2, 0) is 4.74 Å². The highest BCUT2D eigenvalue weighted by Crippen LogP contribution is 2.14. The molecule has 3 nitrogen and oxygen atoms in total. The van der Waals surface area contributed by atoms with E-state index < -0.39 is 0 Å². The van der Waals surface area contributed by atoms with Crippen molar-refractivity contribution in [2.24, 2.45) is 11.7 Å². The lowest BCUT2D eigenvalue weighted by Gasteiger charge is -2.36. The van der Waals surface area contributed by atoms with E-state index in [1.165, 1.54) is 12.8 Å². The van der Waals surface area contributed by atoms with E-state index in [4.69, 9.17) is 10.5 Å².